The molecule has 0 amide bonds. The molecule has 0 atom stereocenters. The predicted octanol–water partition coefficient (Wildman–Crippen LogP) is 1.29. The Labute approximate surface area is 105 Å². The van der Waals surface area contributed by atoms with E-state index in [0.29, 0.717) is 29.9 Å². The molecule has 2 rings (SSSR count). The molecule has 0 unspecified atom stereocenters. The van der Waals surface area contributed by atoms with E-state index < -0.39 is 9.84 Å². The Morgan fingerprint density at radius 2 is 2.18 bits per heavy atom. The zero-order valence-electron chi connectivity index (χ0n) is 9.35. The first-order valence-electron chi connectivity index (χ1n) is 5.50. The van der Waals surface area contributed by atoms with Crippen LogP contribution in [-0.2, 0) is 16.4 Å². The summed E-state index contributed by atoms with van der Waals surface area (Å²) in [5.74, 6) is 0.580. The third kappa shape index (κ3) is 3.53. The Kier molecular flexibility index (Phi) is 3.82. The van der Waals surface area contributed by atoms with Gasteiger partial charge in [-0.2, -0.15) is 5.26 Å². The van der Waals surface area contributed by atoms with Gasteiger partial charge in [0.1, 0.15) is 15.9 Å². The van der Waals surface area contributed by atoms with Crippen molar-refractivity contribution in [1.29, 1.82) is 5.26 Å². The van der Waals surface area contributed by atoms with Crippen molar-refractivity contribution in [2.24, 2.45) is 0 Å². The molecule has 6 heteroatoms. The Hall–Kier alpha value is -0.900. The first-order chi connectivity index (χ1) is 8.09. The van der Waals surface area contributed by atoms with Gasteiger partial charge in [0.05, 0.1) is 17.1 Å². The number of thiophene rings is 1. The maximum absolute atomic E-state index is 11.3. The number of nitriles is 1. The zero-order chi connectivity index (χ0) is 12.3. The Morgan fingerprint density at radius 1 is 1.47 bits per heavy atom. The highest BCUT2D eigenvalue weighted by Crippen LogP contribution is 2.16. The second-order valence-corrected chi connectivity index (χ2v) is 7.52. The summed E-state index contributed by atoms with van der Waals surface area (Å²) in [5, 5.41) is 13.9. The minimum Gasteiger partial charge on any atom is -0.309 e. The summed E-state index contributed by atoms with van der Waals surface area (Å²) in [4.78, 5) is 1.12. The highest BCUT2D eigenvalue weighted by atomic mass is 32.2. The fourth-order valence-electron chi connectivity index (χ4n) is 1.87. The van der Waals surface area contributed by atoms with Crippen LogP contribution in [0.1, 0.15) is 23.3 Å². The topological polar surface area (TPSA) is 70.0 Å². The normalized spacial score (nSPS) is 19.9. The van der Waals surface area contributed by atoms with Gasteiger partial charge in [0, 0.05) is 22.8 Å². The first-order valence-corrected chi connectivity index (χ1v) is 8.20. The van der Waals surface area contributed by atoms with Crippen LogP contribution in [-0.4, -0.2) is 26.0 Å². The van der Waals surface area contributed by atoms with Crippen LogP contribution in [0.2, 0.25) is 0 Å². The van der Waals surface area contributed by atoms with Gasteiger partial charge >= 0.3 is 0 Å². The number of nitrogens with one attached hydrogen (secondary N) is 1. The molecule has 1 N–H and O–H groups in total. The van der Waals surface area contributed by atoms with Gasteiger partial charge in [0.25, 0.3) is 0 Å². The van der Waals surface area contributed by atoms with E-state index in [1.54, 1.807) is 11.3 Å². The van der Waals surface area contributed by atoms with E-state index in [1.807, 2.05) is 11.4 Å². The van der Waals surface area contributed by atoms with Crippen LogP contribution < -0.4 is 5.32 Å². The first kappa shape index (κ1) is 12.6. The van der Waals surface area contributed by atoms with Crippen LogP contribution in [0.25, 0.3) is 0 Å². The lowest BCUT2D eigenvalue weighted by Gasteiger charge is -2.22. The average Bonchev–Trinajstić information content (AvgIpc) is 2.75. The summed E-state index contributed by atoms with van der Waals surface area (Å²) < 4.78 is 22.5. The van der Waals surface area contributed by atoms with E-state index in [2.05, 4.69) is 11.4 Å². The second-order valence-electron chi connectivity index (χ2n) is 4.22. The van der Waals surface area contributed by atoms with Crippen LogP contribution in [0.4, 0.5) is 0 Å². The second kappa shape index (κ2) is 5.17. The predicted molar refractivity (Wildman–Crippen MR) is 67.5 cm³/mol. The molecule has 17 heavy (non-hydrogen) atoms. The number of sulfone groups is 1. The molecule has 92 valence electrons. The standard InChI is InChI=1S/C11H14N2O2S2/c12-6-9-5-11(16-8-9)7-13-10-1-3-17(14,15)4-2-10/h5,8,10,13H,1-4,7H2. The van der Waals surface area contributed by atoms with Crippen molar-refractivity contribution in [3.63, 3.8) is 0 Å². The van der Waals surface area contributed by atoms with E-state index in [4.69, 9.17) is 5.26 Å². The van der Waals surface area contributed by atoms with Crippen molar-refractivity contribution in [3.05, 3.63) is 21.9 Å². The summed E-state index contributed by atoms with van der Waals surface area (Å²) in [5.41, 5.74) is 0.693. The fourth-order valence-corrected chi connectivity index (χ4v) is 4.12. The maximum Gasteiger partial charge on any atom is 0.150 e. The number of hydrogen-bond donors (Lipinski definition) is 1. The third-order valence-electron chi connectivity index (χ3n) is 2.90. The summed E-state index contributed by atoms with van der Waals surface area (Å²) >= 11 is 1.56. The van der Waals surface area contributed by atoms with Crippen LogP contribution >= 0.6 is 11.3 Å². The molecule has 1 aliphatic rings. The molecule has 0 bridgehead atoms. The smallest absolute Gasteiger partial charge is 0.150 e. The molecule has 0 radical (unpaired) electrons. The average molecular weight is 270 g/mol. The Morgan fingerprint density at radius 3 is 2.76 bits per heavy atom. The molecule has 4 nitrogen and oxygen atoms in total. The Bertz CT molecular complexity index is 514. The summed E-state index contributed by atoms with van der Waals surface area (Å²) in [6.45, 7) is 0.719. The molecule has 1 fully saturated rings. The summed E-state index contributed by atoms with van der Waals surface area (Å²) in [6.07, 6.45) is 1.39. The monoisotopic (exact) mass is 270 g/mol. The largest absolute Gasteiger partial charge is 0.309 e. The highest BCUT2D eigenvalue weighted by molar-refractivity contribution is 7.91. The van der Waals surface area contributed by atoms with Gasteiger partial charge in [-0.1, -0.05) is 0 Å². The molecule has 1 aromatic rings. The van der Waals surface area contributed by atoms with Crippen molar-refractivity contribution in [2.75, 3.05) is 11.5 Å². The van der Waals surface area contributed by atoms with E-state index >= 15 is 0 Å². The lowest BCUT2D eigenvalue weighted by Crippen LogP contribution is -2.36. The van der Waals surface area contributed by atoms with Crippen LogP contribution in [0.3, 0.4) is 0 Å². The van der Waals surface area contributed by atoms with Crippen LogP contribution in [0.15, 0.2) is 11.4 Å². The molecule has 1 saturated heterocycles. The van der Waals surface area contributed by atoms with Crippen molar-refractivity contribution in [1.82, 2.24) is 5.32 Å². The minimum absolute atomic E-state index is 0.283. The molecule has 1 aliphatic heterocycles. The van der Waals surface area contributed by atoms with Crippen molar-refractivity contribution >= 4 is 21.2 Å². The van der Waals surface area contributed by atoms with Crippen molar-refractivity contribution in [2.45, 2.75) is 25.4 Å². The third-order valence-corrected chi connectivity index (χ3v) is 5.55. The van der Waals surface area contributed by atoms with Gasteiger partial charge in [-0.15, -0.1) is 11.3 Å². The van der Waals surface area contributed by atoms with Gasteiger partial charge in [-0.3, -0.25) is 0 Å². The molecule has 0 aliphatic carbocycles. The van der Waals surface area contributed by atoms with Gasteiger partial charge in [-0.25, -0.2) is 8.42 Å². The molecule has 0 aromatic carbocycles. The molecule has 0 saturated carbocycles. The van der Waals surface area contributed by atoms with Gasteiger partial charge in [-0.05, 0) is 18.9 Å². The minimum atomic E-state index is -2.78. The summed E-state index contributed by atoms with van der Waals surface area (Å²) in [7, 11) is -2.78. The van der Waals surface area contributed by atoms with Crippen LogP contribution in [0, 0.1) is 11.3 Å². The number of nitrogens with zero attached hydrogens (tertiary/aromatic N) is 1. The number of rotatable bonds is 3. The lowest BCUT2D eigenvalue weighted by atomic mass is 10.1. The molecule has 2 heterocycles. The van der Waals surface area contributed by atoms with Gasteiger partial charge in [0.15, 0.2) is 0 Å². The van der Waals surface area contributed by atoms with Crippen molar-refractivity contribution in [3.8, 4) is 6.07 Å². The van der Waals surface area contributed by atoms with E-state index in [9.17, 15) is 8.42 Å². The SMILES string of the molecule is N#Cc1csc(CNC2CCS(=O)(=O)CC2)c1. The van der Waals surface area contributed by atoms with Gasteiger partial charge < -0.3 is 5.32 Å². The Balaban J connectivity index is 1.82. The molecule has 1 aromatic heterocycles. The summed E-state index contributed by atoms with van der Waals surface area (Å²) in [6, 6.07) is 4.26. The highest BCUT2D eigenvalue weighted by Gasteiger charge is 2.22. The number of hydrogen-bond acceptors (Lipinski definition) is 5. The zero-order valence-corrected chi connectivity index (χ0v) is 11.0. The fraction of sp³-hybridized carbons (Fsp3) is 0.545. The van der Waals surface area contributed by atoms with Gasteiger partial charge in [0.2, 0.25) is 0 Å². The van der Waals surface area contributed by atoms with Crippen molar-refractivity contribution < 1.29 is 8.42 Å². The molecular formula is C11H14N2O2S2. The van der Waals surface area contributed by atoms with Crippen LogP contribution in [0.5, 0.6) is 0 Å². The molecule has 0 spiro atoms. The maximum atomic E-state index is 11.3. The van der Waals surface area contributed by atoms with E-state index in [0.717, 1.165) is 11.4 Å². The lowest BCUT2D eigenvalue weighted by molar-refractivity contribution is 0.465. The quantitative estimate of drug-likeness (QED) is 0.898. The van der Waals surface area contributed by atoms with E-state index in [-0.39, 0.29) is 6.04 Å². The molecular weight excluding hydrogens is 256 g/mol. The van der Waals surface area contributed by atoms with E-state index in [1.165, 1.54) is 0 Å².